The smallest absolute Gasteiger partial charge is 0.283 e. The Bertz CT molecular complexity index is 1290. The van der Waals surface area contributed by atoms with E-state index in [-0.39, 0.29) is 11.2 Å². The molecule has 0 bridgehead atoms. The van der Waals surface area contributed by atoms with E-state index >= 15 is 0 Å². The van der Waals surface area contributed by atoms with Crippen molar-refractivity contribution in [2.45, 2.75) is 27.3 Å². The van der Waals surface area contributed by atoms with Gasteiger partial charge in [-0.15, -0.1) is 0 Å². The van der Waals surface area contributed by atoms with Crippen LogP contribution in [-0.2, 0) is 13.6 Å². The highest BCUT2D eigenvalue weighted by molar-refractivity contribution is 6.30. The monoisotopic (exact) mass is 371 g/mol. The van der Waals surface area contributed by atoms with Gasteiger partial charge in [0.1, 0.15) is 0 Å². The Balaban J connectivity index is 2.23. The Morgan fingerprint density at radius 1 is 1.08 bits per heavy atom. The van der Waals surface area contributed by atoms with Crippen LogP contribution in [0.15, 0.2) is 33.9 Å². The van der Waals surface area contributed by atoms with Gasteiger partial charge in [-0.3, -0.25) is 22.9 Å². The molecular weight excluding hydrogens is 354 g/mol. The SMILES string of the molecule is CCn1c(=O)c2c(nc3n(-c4ccc(Cl)cc4)c(C)c(C)n23)n(C)c1=O. The number of hydrogen-bond donors (Lipinski definition) is 0. The van der Waals surface area contributed by atoms with E-state index in [1.165, 1.54) is 9.13 Å². The van der Waals surface area contributed by atoms with Crippen molar-refractivity contribution in [2.24, 2.45) is 7.05 Å². The van der Waals surface area contributed by atoms with Crippen LogP contribution >= 0.6 is 11.6 Å². The van der Waals surface area contributed by atoms with Gasteiger partial charge in [0.15, 0.2) is 11.2 Å². The molecule has 4 rings (SSSR count). The zero-order valence-corrected chi connectivity index (χ0v) is 15.7. The Hall–Kier alpha value is -2.80. The van der Waals surface area contributed by atoms with Gasteiger partial charge in [0.25, 0.3) is 5.56 Å². The summed E-state index contributed by atoms with van der Waals surface area (Å²) >= 11 is 6.01. The van der Waals surface area contributed by atoms with Gasteiger partial charge in [0, 0.05) is 35.7 Å². The first kappa shape index (κ1) is 16.7. The first-order valence-corrected chi connectivity index (χ1v) is 8.70. The molecule has 3 aromatic heterocycles. The molecule has 0 atom stereocenters. The number of hydrogen-bond acceptors (Lipinski definition) is 3. The lowest BCUT2D eigenvalue weighted by Gasteiger charge is -2.07. The highest BCUT2D eigenvalue weighted by Gasteiger charge is 2.22. The fourth-order valence-electron chi connectivity index (χ4n) is 3.43. The number of benzene rings is 1. The summed E-state index contributed by atoms with van der Waals surface area (Å²) in [6.07, 6.45) is 0. The molecule has 26 heavy (non-hydrogen) atoms. The van der Waals surface area contributed by atoms with Crippen molar-refractivity contribution in [3.8, 4) is 5.69 Å². The molecule has 0 aliphatic heterocycles. The molecule has 0 amide bonds. The van der Waals surface area contributed by atoms with Gasteiger partial charge in [-0.2, -0.15) is 4.98 Å². The van der Waals surface area contributed by atoms with E-state index < -0.39 is 0 Å². The number of halogens is 1. The lowest BCUT2D eigenvalue weighted by atomic mass is 10.3. The lowest BCUT2D eigenvalue weighted by molar-refractivity contribution is 0.636. The first-order chi connectivity index (χ1) is 12.4. The van der Waals surface area contributed by atoms with E-state index in [0.717, 1.165) is 17.1 Å². The summed E-state index contributed by atoms with van der Waals surface area (Å²) < 4.78 is 6.44. The van der Waals surface area contributed by atoms with Gasteiger partial charge in [0.2, 0.25) is 5.78 Å². The molecule has 0 spiro atoms. The van der Waals surface area contributed by atoms with E-state index in [9.17, 15) is 9.59 Å². The molecule has 0 unspecified atom stereocenters. The summed E-state index contributed by atoms with van der Waals surface area (Å²) in [5.41, 5.74) is 2.86. The summed E-state index contributed by atoms with van der Waals surface area (Å²) in [6.45, 7) is 6.01. The molecule has 0 fully saturated rings. The van der Waals surface area contributed by atoms with E-state index in [1.807, 2.05) is 47.1 Å². The highest BCUT2D eigenvalue weighted by atomic mass is 35.5. The van der Waals surface area contributed by atoms with Crippen LogP contribution in [0.1, 0.15) is 18.3 Å². The zero-order chi connectivity index (χ0) is 18.7. The fourth-order valence-corrected chi connectivity index (χ4v) is 3.55. The van der Waals surface area contributed by atoms with E-state index in [1.54, 1.807) is 14.0 Å². The molecular formula is C18H18ClN5O2. The first-order valence-electron chi connectivity index (χ1n) is 8.32. The Morgan fingerprint density at radius 3 is 2.35 bits per heavy atom. The molecule has 3 heterocycles. The summed E-state index contributed by atoms with van der Waals surface area (Å²) in [5, 5.41) is 0.646. The number of imidazole rings is 2. The third-order valence-electron chi connectivity index (χ3n) is 4.92. The highest BCUT2D eigenvalue weighted by Crippen LogP contribution is 2.25. The Kier molecular flexibility index (Phi) is 3.59. The molecule has 0 aliphatic carbocycles. The lowest BCUT2D eigenvalue weighted by Crippen LogP contribution is -2.38. The predicted molar refractivity (Wildman–Crippen MR) is 102 cm³/mol. The van der Waals surface area contributed by atoms with E-state index in [2.05, 4.69) is 4.98 Å². The average Bonchev–Trinajstić information content (AvgIpc) is 3.11. The molecule has 4 aromatic rings. The standard InChI is InChI=1S/C18H18ClN5O2/c1-5-22-16(25)14-15(21(4)18(22)26)20-17-23(10(2)11(3)24(14)17)13-8-6-12(19)7-9-13/h6-9H,5H2,1-4H3. The summed E-state index contributed by atoms with van der Waals surface area (Å²) in [5.74, 6) is 0.596. The van der Waals surface area contributed by atoms with E-state index in [0.29, 0.717) is 28.5 Å². The molecule has 0 saturated heterocycles. The van der Waals surface area contributed by atoms with Crippen LogP contribution in [0.4, 0.5) is 0 Å². The molecule has 8 heteroatoms. The van der Waals surface area contributed by atoms with Crippen molar-refractivity contribution >= 4 is 28.5 Å². The molecule has 1 aromatic carbocycles. The fraction of sp³-hybridized carbons (Fsp3) is 0.278. The van der Waals surface area contributed by atoms with Crippen LogP contribution < -0.4 is 11.2 Å². The summed E-state index contributed by atoms with van der Waals surface area (Å²) in [4.78, 5) is 30.0. The topological polar surface area (TPSA) is 66.2 Å². The van der Waals surface area contributed by atoms with Gasteiger partial charge in [-0.1, -0.05) is 11.6 Å². The largest absolute Gasteiger partial charge is 0.332 e. The molecule has 0 N–H and O–H groups in total. The van der Waals surface area contributed by atoms with Crippen molar-refractivity contribution in [3.05, 3.63) is 61.5 Å². The van der Waals surface area contributed by atoms with Crippen LogP contribution in [0.25, 0.3) is 22.6 Å². The maximum Gasteiger partial charge on any atom is 0.332 e. The molecule has 0 aliphatic rings. The van der Waals surface area contributed by atoms with Crippen LogP contribution in [0.2, 0.25) is 5.02 Å². The Labute approximate surface area is 153 Å². The van der Waals surface area contributed by atoms with Gasteiger partial charge in [-0.25, -0.2) is 4.79 Å². The Morgan fingerprint density at radius 2 is 1.73 bits per heavy atom. The predicted octanol–water partition coefficient (Wildman–Crippen LogP) is 2.43. The van der Waals surface area contributed by atoms with Gasteiger partial charge < -0.3 is 0 Å². The number of fused-ring (bicyclic) bond motifs is 3. The minimum absolute atomic E-state index is 0.310. The van der Waals surface area contributed by atoms with Crippen LogP contribution in [-0.4, -0.2) is 23.1 Å². The summed E-state index contributed by atoms with van der Waals surface area (Å²) in [7, 11) is 1.64. The van der Waals surface area contributed by atoms with Crippen molar-refractivity contribution < 1.29 is 0 Å². The van der Waals surface area contributed by atoms with Crippen molar-refractivity contribution in [2.75, 3.05) is 0 Å². The van der Waals surface area contributed by atoms with Crippen molar-refractivity contribution in [1.82, 2.24) is 23.1 Å². The normalized spacial score (nSPS) is 11.7. The number of rotatable bonds is 2. The minimum atomic E-state index is -0.363. The third-order valence-corrected chi connectivity index (χ3v) is 5.17. The number of nitrogens with zero attached hydrogens (tertiary/aromatic N) is 5. The number of aryl methyl sites for hydroxylation is 2. The number of aromatic nitrogens is 5. The minimum Gasteiger partial charge on any atom is -0.283 e. The maximum atomic E-state index is 12.9. The third kappa shape index (κ3) is 2.03. The second kappa shape index (κ2) is 5.60. The van der Waals surface area contributed by atoms with Gasteiger partial charge >= 0.3 is 5.69 Å². The molecule has 0 radical (unpaired) electrons. The van der Waals surface area contributed by atoms with Crippen molar-refractivity contribution in [3.63, 3.8) is 0 Å². The second-order valence-electron chi connectivity index (χ2n) is 6.29. The van der Waals surface area contributed by atoms with Gasteiger partial charge in [-0.05, 0) is 45.0 Å². The molecule has 0 saturated carbocycles. The molecule has 7 nitrogen and oxygen atoms in total. The van der Waals surface area contributed by atoms with Crippen LogP contribution in [0, 0.1) is 13.8 Å². The maximum absolute atomic E-state index is 12.9. The van der Waals surface area contributed by atoms with Crippen LogP contribution in [0.3, 0.4) is 0 Å². The van der Waals surface area contributed by atoms with Crippen molar-refractivity contribution in [1.29, 1.82) is 0 Å². The molecule has 134 valence electrons. The van der Waals surface area contributed by atoms with Crippen LogP contribution in [0.5, 0.6) is 0 Å². The average molecular weight is 372 g/mol. The van der Waals surface area contributed by atoms with Gasteiger partial charge in [0.05, 0.1) is 0 Å². The quantitative estimate of drug-likeness (QED) is 0.543. The zero-order valence-electron chi connectivity index (χ0n) is 14.9. The summed E-state index contributed by atoms with van der Waals surface area (Å²) in [6, 6.07) is 7.42. The second-order valence-corrected chi connectivity index (χ2v) is 6.73. The van der Waals surface area contributed by atoms with E-state index in [4.69, 9.17) is 11.6 Å².